The zero-order valence-corrected chi connectivity index (χ0v) is 9.89. The molecule has 1 atom stereocenters. The Morgan fingerprint density at radius 3 is 2.20 bits per heavy atom. The standard InChI is InChI=1S/C9H11O4P.Fe/c10-9(11)6-3-7-1-4-8(5-2-7)14(12)13;/h1-2,4-5,14H,3,6H2,(H,10,11)(H,12,13);. The van der Waals surface area contributed by atoms with Crippen molar-refractivity contribution in [2.24, 2.45) is 0 Å². The fourth-order valence-electron chi connectivity index (χ4n) is 1.07. The second-order valence-corrected chi connectivity index (χ2v) is 4.08. The van der Waals surface area contributed by atoms with Crippen molar-refractivity contribution in [2.45, 2.75) is 12.8 Å². The molecule has 0 fully saturated rings. The van der Waals surface area contributed by atoms with Gasteiger partial charge >= 0.3 is 5.97 Å². The van der Waals surface area contributed by atoms with E-state index in [2.05, 4.69) is 0 Å². The first-order valence-corrected chi connectivity index (χ1v) is 5.49. The fraction of sp³-hybridized carbons (Fsp3) is 0.222. The summed E-state index contributed by atoms with van der Waals surface area (Å²) in [5.41, 5.74) is 0.861. The summed E-state index contributed by atoms with van der Waals surface area (Å²) in [6.45, 7) is 0. The third-order valence-corrected chi connectivity index (χ3v) is 2.66. The second-order valence-electron chi connectivity index (χ2n) is 2.90. The summed E-state index contributed by atoms with van der Waals surface area (Å²) in [6.07, 6.45) is 0.523. The molecule has 0 aliphatic heterocycles. The number of hydrogen-bond acceptors (Lipinski definition) is 2. The third-order valence-electron chi connectivity index (χ3n) is 1.83. The predicted molar refractivity (Wildman–Crippen MR) is 53.3 cm³/mol. The van der Waals surface area contributed by atoms with Crippen molar-refractivity contribution < 1.29 is 36.4 Å². The van der Waals surface area contributed by atoms with Gasteiger partial charge in [-0.25, -0.2) is 0 Å². The second kappa shape index (κ2) is 6.80. The van der Waals surface area contributed by atoms with Crippen LogP contribution in [0.4, 0.5) is 0 Å². The molecular weight excluding hydrogens is 259 g/mol. The molecule has 6 heteroatoms. The summed E-state index contributed by atoms with van der Waals surface area (Å²) in [7, 11) is -2.63. The Labute approximate surface area is 98.7 Å². The molecule has 0 saturated carbocycles. The molecule has 1 aromatic rings. The molecular formula is C9H11FeO4P. The van der Waals surface area contributed by atoms with Gasteiger partial charge in [-0.1, -0.05) is 12.1 Å². The largest absolute Gasteiger partial charge is 0.481 e. The fourth-order valence-corrected chi connectivity index (χ4v) is 1.52. The van der Waals surface area contributed by atoms with Gasteiger partial charge in [0.1, 0.15) is 0 Å². The van der Waals surface area contributed by atoms with E-state index in [4.69, 9.17) is 10.00 Å². The van der Waals surface area contributed by atoms with Crippen LogP contribution < -0.4 is 5.30 Å². The molecule has 1 aromatic carbocycles. The van der Waals surface area contributed by atoms with E-state index >= 15 is 0 Å². The van der Waals surface area contributed by atoms with E-state index in [9.17, 15) is 9.36 Å². The van der Waals surface area contributed by atoms with Crippen LogP contribution in [-0.2, 0) is 32.8 Å². The van der Waals surface area contributed by atoms with Crippen molar-refractivity contribution in [3.8, 4) is 0 Å². The van der Waals surface area contributed by atoms with Crippen molar-refractivity contribution in [1.82, 2.24) is 0 Å². The minimum absolute atomic E-state index is 0. The van der Waals surface area contributed by atoms with Crippen molar-refractivity contribution in [3.05, 3.63) is 29.8 Å². The number of hydrogen-bond donors (Lipinski definition) is 2. The summed E-state index contributed by atoms with van der Waals surface area (Å²) in [4.78, 5) is 19.0. The van der Waals surface area contributed by atoms with Crippen LogP contribution in [0.1, 0.15) is 12.0 Å². The van der Waals surface area contributed by atoms with E-state index in [-0.39, 0.29) is 23.5 Å². The summed E-state index contributed by atoms with van der Waals surface area (Å²) >= 11 is 0. The Hall–Kier alpha value is -0.601. The minimum atomic E-state index is -2.63. The Morgan fingerprint density at radius 2 is 1.80 bits per heavy atom. The number of benzene rings is 1. The van der Waals surface area contributed by atoms with Gasteiger partial charge in [-0.2, -0.15) is 0 Å². The number of rotatable bonds is 4. The van der Waals surface area contributed by atoms with Gasteiger partial charge in [-0.3, -0.25) is 9.36 Å². The van der Waals surface area contributed by atoms with Gasteiger partial charge in [0, 0.05) is 28.8 Å². The van der Waals surface area contributed by atoms with Gasteiger partial charge in [0.05, 0.1) is 0 Å². The van der Waals surface area contributed by atoms with Crippen LogP contribution >= 0.6 is 8.03 Å². The molecule has 0 aliphatic carbocycles. The third kappa shape index (κ3) is 5.14. The van der Waals surface area contributed by atoms with Gasteiger partial charge in [0.2, 0.25) is 8.03 Å². The number of carboxylic acid groups (broad SMARTS) is 1. The van der Waals surface area contributed by atoms with Crippen LogP contribution in [0.15, 0.2) is 24.3 Å². The van der Waals surface area contributed by atoms with E-state index < -0.39 is 14.0 Å². The van der Waals surface area contributed by atoms with E-state index in [1.807, 2.05) is 0 Å². The number of aryl methyl sites for hydroxylation is 1. The van der Waals surface area contributed by atoms with Crippen LogP contribution in [0.2, 0.25) is 0 Å². The summed E-state index contributed by atoms with van der Waals surface area (Å²) in [5.74, 6) is -0.843. The molecule has 0 aliphatic rings. The van der Waals surface area contributed by atoms with Crippen LogP contribution in [0.3, 0.4) is 0 Å². The molecule has 0 spiro atoms. The number of carbonyl (C=O) groups is 1. The molecule has 0 bridgehead atoms. The molecule has 2 N–H and O–H groups in total. The van der Waals surface area contributed by atoms with Crippen molar-refractivity contribution in [1.29, 1.82) is 0 Å². The molecule has 15 heavy (non-hydrogen) atoms. The van der Waals surface area contributed by atoms with E-state index in [1.54, 1.807) is 24.3 Å². The summed E-state index contributed by atoms with van der Waals surface area (Å²) in [6, 6.07) is 6.46. The molecule has 84 valence electrons. The summed E-state index contributed by atoms with van der Waals surface area (Å²) in [5, 5.41) is 8.83. The van der Waals surface area contributed by atoms with Gasteiger partial charge in [0.15, 0.2) is 0 Å². The monoisotopic (exact) mass is 270 g/mol. The average Bonchev–Trinajstić information content (AvgIpc) is 2.15. The first-order chi connectivity index (χ1) is 6.59. The Bertz CT molecular complexity index is 350. The quantitative estimate of drug-likeness (QED) is 0.626. The van der Waals surface area contributed by atoms with Gasteiger partial charge in [-0.15, -0.1) is 0 Å². The maximum absolute atomic E-state index is 10.7. The topological polar surface area (TPSA) is 74.6 Å². The molecule has 0 heterocycles. The maximum Gasteiger partial charge on any atom is 0.303 e. The maximum atomic E-state index is 10.7. The smallest absolute Gasteiger partial charge is 0.303 e. The Balaban J connectivity index is 0.00000196. The average molecular weight is 270 g/mol. The molecule has 1 rings (SSSR count). The van der Waals surface area contributed by atoms with E-state index in [0.717, 1.165) is 5.56 Å². The zero-order valence-electron chi connectivity index (χ0n) is 7.79. The van der Waals surface area contributed by atoms with Crippen LogP contribution in [0.5, 0.6) is 0 Å². The molecule has 0 amide bonds. The van der Waals surface area contributed by atoms with Gasteiger partial charge < -0.3 is 10.00 Å². The van der Waals surface area contributed by atoms with Crippen LogP contribution in [0, 0.1) is 0 Å². The first kappa shape index (κ1) is 14.4. The van der Waals surface area contributed by atoms with Gasteiger partial charge in [-0.05, 0) is 24.1 Å². The SMILES string of the molecule is O=C(O)CCc1ccc([PH](=O)O)cc1.[Fe]. The molecule has 0 aromatic heterocycles. The normalized spacial score (nSPS) is 11.5. The number of carboxylic acids is 1. The van der Waals surface area contributed by atoms with E-state index in [1.165, 1.54) is 0 Å². The van der Waals surface area contributed by atoms with Crippen molar-refractivity contribution >= 4 is 19.3 Å². The Kier molecular flexibility index (Phi) is 6.53. The van der Waals surface area contributed by atoms with Gasteiger partial charge in [0.25, 0.3) is 0 Å². The first-order valence-electron chi connectivity index (χ1n) is 4.13. The van der Waals surface area contributed by atoms with Crippen LogP contribution in [0.25, 0.3) is 0 Å². The number of aliphatic carboxylic acids is 1. The van der Waals surface area contributed by atoms with E-state index in [0.29, 0.717) is 11.7 Å². The zero-order chi connectivity index (χ0) is 10.6. The van der Waals surface area contributed by atoms with Crippen molar-refractivity contribution in [3.63, 3.8) is 0 Å². The minimum Gasteiger partial charge on any atom is -0.481 e. The molecule has 4 nitrogen and oxygen atoms in total. The predicted octanol–water partition coefficient (Wildman–Crippen LogP) is 0.794. The summed E-state index contributed by atoms with van der Waals surface area (Å²) < 4.78 is 10.7. The Morgan fingerprint density at radius 1 is 1.27 bits per heavy atom. The van der Waals surface area contributed by atoms with Crippen LogP contribution in [-0.4, -0.2) is 16.0 Å². The molecule has 0 radical (unpaired) electrons. The van der Waals surface area contributed by atoms with Crippen molar-refractivity contribution in [2.75, 3.05) is 0 Å². The molecule has 0 saturated heterocycles. The molecule has 1 unspecified atom stereocenters.